The lowest BCUT2D eigenvalue weighted by Crippen LogP contribution is -1.96. The summed E-state index contributed by atoms with van der Waals surface area (Å²) < 4.78 is 0. The Balaban J connectivity index is 2.25. The maximum Gasteiger partial charge on any atom is 0.0727 e. The fourth-order valence-electron chi connectivity index (χ4n) is 2.09. The average Bonchev–Trinajstić information content (AvgIpc) is 2.84. The highest BCUT2D eigenvalue weighted by molar-refractivity contribution is 6.36. The molecule has 0 aliphatic carbocycles. The molecule has 0 saturated heterocycles. The van der Waals surface area contributed by atoms with Gasteiger partial charge in [0.1, 0.15) is 0 Å². The van der Waals surface area contributed by atoms with Crippen LogP contribution in [0.5, 0.6) is 0 Å². The summed E-state index contributed by atoms with van der Waals surface area (Å²) in [5, 5.41) is 1.73. The predicted octanol–water partition coefficient (Wildman–Crippen LogP) is 3.34. The minimum absolute atomic E-state index is 0.506. The SMILES string of the molecule is NCc1ccnc(-c2c[nH]c3cccc(Cl)c23)c1. The van der Waals surface area contributed by atoms with Crippen LogP contribution in [0.1, 0.15) is 5.56 Å². The van der Waals surface area contributed by atoms with E-state index in [1.165, 1.54) is 0 Å². The average molecular weight is 258 g/mol. The highest BCUT2D eigenvalue weighted by Gasteiger charge is 2.10. The summed E-state index contributed by atoms with van der Waals surface area (Å²) in [4.78, 5) is 7.60. The first-order valence-corrected chi connectivity index (χ1v) is 6.08. The Morgan fingerprint density at radius 1 is 1.28 bits per heavy atom. The van der Waals surface area contributed by atoms with Crippen molar-refractivity contribution < 1.29 is 0 Å². The molecule has 2 aromatic heterocycles. The Kier molecular flexibility index (Phi) is 2.78. The van der Waals surface area contributed by atoms with Gasteiger partial charge in [0, 0.05) is 35.4 Å². The molecule has 3 rings (SSSR count). The van der Waals surface area contributed by atoms with E-state index in [0.717, 1.165) is 32.7 Å². The van der Waals surface area contributed by atoms with Crippen LogP contribution < -0.4 is 5.73 Å². The van der Waals surface area contributed by atoms with Crippen LogP contribution in [-0.4, -0.2) is 9.97 Å². The van der Waals surface area contributed by atoms with Crippen molar-refractivity contribution in [2.45, 2.75) is 6.54 Å². The third-order valence-corrected chi connectivity index (χ3v) is 3.31. The van der Waals surface area contributed by atoms with Crippen LogP contribution >= 0.6 is 11.6 Å². The van der Waals surface area contributed by atoms with Crippen LogP contribution in [0, 0.1) is 0 Å². The van der Waals surface area contributed by atoms with Crippen molar-refractivity contribution in [3.63, 3.8) is 0 Å². The molecule has 90 valence electrons. The zero-order chi connectivity index (χ0) is 12.5. The molecule has 0 spiro atoms. The van der Waals surface area contributed by atoms with Gasteiger partial charge in [0.25, 0.3) is 0 Å². The van der Waals surface area contributed by atoms with Gasteiger partial charge in [0.15, 0.2) is 0 Å². The summed E-state index contributed by atoms with van der Waals surface area (Å²) in [6, 6.07) is 9.71. The van der Waals surface area contributed by atoms with Crippen molar-refractivity contribution >= 4 is 22.5 Å². The number of fused-ring (bicyclic) bond motifs is 1. The molecule has 0 radical (unpaired) electrons. The molecular weight excluding hydrogens is 246 g/mol. The fourth-order valence-corrected chi connectivity index (χ4v) is 2.37. The van der Waals surface area contributed by atoms with E-state index in [1.807, 2.05) is 36.5 Å². The van der Waals surface area contributed by atoms with Crippen molar-refractivity contribution in [2.24, 2.45) is 5.73 Å². The van der Waals surface area contributed by atoms with Gasteiger partial charge in [-0.15, -0.1) is 0 Å². The first kappa shape index (κ1) is 11.3. The zero-order valence-electron chi connectivity index (χ0n) is 9.65. The Labute approximate surface area is 110 Å². The first-order valence-electron chi connectivity index (χ1n) is 5.70. The second-order valence-corrected chi connectivity index (χ2v) is 4.53. The molecule has 0 aliphatic heterocycles. The molecule has 1 aromatic carbocycles. The minimum atomic E-state index is 0.506. The van der Waals surface area contributed by atoms with Crippen LogP contribution in [0.2, 0.25) is 5.02 Å². The van der Waals surface area contributed by atoms with E-state index in [1.54, 1.807) is 6.20 Å². The lowest BCUT2D eigenvalue weighted by atomic mass is 10.1. The van der Waals surface area contributed by atoms with Crippen LogP contribution in [0.4, 0.5) is 0 Å². The van der Waals surface area contributed by atoms with E-state index in [4.69, 9.17) is 17.3 Å². The Bertz CT molecular complexity index is 703. The van der Waals surface area contributed by atoms with Gasteiger partial charge in [-0.25, -0.2) is 0 Å². The van der Waals surface area contributed by atoms with Crippen molar-refractivity contribution in [1.29, 1.82) is 0 Å². The van der Waals surface area contributed by atoms with E-state index in [-0.39, 0.29) is 0 Å². The predicted molar refractivity (Wildman–Crippen MR) is 74.4 cm³/mol. The summed E-state index contributed by atoms with van der Waals surface area (Å²) in [5.74, 6) is 0. The lowest BCUT2D eigenvalue weighted by Gasteiger charge is -2.02. The lowest BCUT2D eigenvalue weighted by molar-refractivity contribution is 1.06. The monoisotopic (exact) mass is 257 g/mol. The van der Waals surface area contributed by atoms with Crippen LogP contribution in [0.3, 0.4) is 0 Å². The number of hydrogen-bond acceptors (Lipinski definition) is 2. The van der Waals surface area contributed by atoms with Gasteiger partial charge in [0.05, 0.1) is 10.7 Å². The quantitative estimate of drug-likeness (QED) is 0.740. The molecule has 3 nitrogen and oxygen atoms in total. The van der Waals surface area contributed by atoms with Gasteiger partial charge in [0.2, 0.25) is 0 Å². The second kappa shape index (κ2) is 4.44. The van der Waals surface area contributed by atoms with Gasteiger partial charge in [-0.3, -0.25) is 4.98 Å². The smallest absolute Gasteiger partial charge is 0.0727 e. The molecule has 0 amide bonds. The Morgan fingerprint density at radius 3 is 3.00 bits per heavy atom. The molecule has 3 N–H and O–H groups in total. The molecule has 0 bridgehead atoms. The standard InChI is InChI=1S/C14H12ClN3/c15-11-2-1-3-12-14(11)10(8-18-12)13-6-9(7-16)4-5-17-13/h1-6,8,18H,7,16H2. The van der Waals surface area contributed by atoms with Crippen LogP contribution in [0.25, 0.3) is 22.2 Å². The summed E-state index contributed by atoms with van der Waals surface area (Å²) in [6.45, 7) is 0.506. The van der Waals surface area contributed by atoms with Crippen molar-refractivity contribution in [3.8, 4) is 11.3 Å². The number of rotatable bonds is 2. The molecule has 0 unspecified atom stereocenters. The number of aromatic amines is 1. The van der Waals surface area contributed by atoms with Gasteiger partial charge < -0.3 is 10.7 Å². The number of benzene rings is 1. The Morgan fingerprint density at radius 2 is 2.17 bits per heavy atom. The summed E-state index contributed by atoms with van der Waals surface area (Å²) in [5.41, 5.74) is 9.61. The van der Waals surface area contributed by atoms with E-state index < -0.39 is 0 Å². The number of hydrogen-bond donors (Lipinski definition) is 2. The topological polar surface area (TPSA) is 54.7 Å². The third-order valence-electron chi connectivity index (χ3n) is 2.99. The molecule has 0 saturated carbocycles. The second-order valence-electron chi connectivity index (χ2n) is 4.12. The molecule has 0 fully saturated rings. The maximum absolute atomic E-state index is 6.25. The third kappa shape index (κ3) is 1.78. The summed E-state index contributed by atoms with van der Waals surface area (Å²) in [7, 11) is 0. The normalized spacial score (nSPS) is 11.0. The van der Waals surface area contributed by atoms with Crippen molar-refractivity contribution in [3.05, 3.63) is 53.3 Å². The number of nitrogens with one attached hydrogen (secondary N) is 1. The summed E-state index contributed by atoms with van der Waals surface area (Å²) in [6.07, 6.45) is 3.70. The molecule has 2 heterocycles. The van der Waals surface area contributed by atoms with E-state index in [2.05, 4.69) is 9.97 Å². The number of aromatic nitrogens is 2. The fraction of sp³-hybridized carbons (Fsp3) is 0.0714. The molecule has 4 heteroatoms. The van der Waals surface area contributed by atoms with Crippen molar-refractivity contribution in [2.75, 3.05) is 0 Å². The van der Waals surface area contributed by atoms with Crippen molar-refractivity contribution in [1.82, 2.24) is 9.97 Å². The van der Waals surface area contributed by atoms with Gasteiger partial charge in [-0.2, -0.15) is 0 Å². The number of pyridine rings is 1. The highest BCUT2D eigenvalue weighted by Crippen LogP contribution is 2.32. The van der Waals surface area contributed by atoms with E-state index >= 15 is 0 Å². The summed E-state index contributed by atoms with van der Waals surface area (Å²) >= 11 is 6.25. The molecule has 0 atom stereocenters. The largest absolute Gasteiger partial charge is 0.360 e. The molecule has 18 heavy (non-hydrogen) atoms. The van der Waals surface area contributed by atoms with Gasteiger partial charge >= 0.3 is 0 Å². The van der Waals surface area contributed by atoms with E-state index in [0.29, 0.717) is 6.54 Å². The minimum Gasteiger partial charge on any atom is -0.360 e. The van der Waals surface area contributed by atoms with E-state index in [9.17, 15) is 0 Å². The molecular formula is C14H12ClN3. The number of H-pyrrole nitrogens is 1. The molecule has 3 aromatic rings. The zero-order valence-corrected chi connectivity index (χ0v) is 10.4. The highest BCUT2D eigenvalue weighted by atomic mass is 35.5. The van der Waals surface area contributed by atoms with Crippen LogP contribution in [-0.2, 0) is 6.54 Å². The number of nitrogens with two attached hydrogens (primary N) is 1. The van der Waals surface area contributed by atoms with Crippen LogP contribution in [0.15, 0.2) is 42.7 Å². The maximum atomic E-state index is 6.25. The van der Waals surface area contributed by atoms with Gasteiger partial charge in [-0.1, -0.05) is 17.7 Å². The molecule has 0 aliphatic rings. The first-order chi connectivity index (χ1) is 8.79. The number of nitrogens with zero attached hydrogens (tertiary/aromatic N) is 1. The Hall–Kier alpha value is -1.84. The number of halogens is 1. The van der Waals surface area contributed by atoms with Gasteiger partial charge in [-0.05, 0) is 29.8 Å².